The molecule has 2 amide bonds. The summed E-state index contributed by atoms with van der Waals surface area (Å²) in [5, 5.41) is 13.5. The molecule has 0 heterocycles. The van der Waals surface area contributed by atoms with Crippen molar-refractivity contribution in [1.29, 1.82) is 0 Å². The Balaban J connectivity index is 2.30. The molecule has 0 fully saturated rings. The summed E-state index contributed by atoms with van der Waals surface area (Å²) in [5.41, 5.74) is 7.25. The number of primary amides is 1. The standard InChI is InChI=1S/C16H15N3O4/c1-9-8-11(6-7-14(9)19(22)23)16(21)18-13-5-3-4-12(10(13)2)15(17)20/h3-8H,1-2H3,(H2,17,20)(H,18,21). The number of nitrogens with two attached hydrogens (primary N) is 1. The Labute approximate surface area is 132 Å². The minimum atomic E-state index is -0.579. The van der Waals surface area contributed by atoms with Crippen LogP contribution in [0.5, 0.6) is 0 Å². The van der Waals surface area contributed by atoms with Crippen molar-refractivity contribution < 1.29 is 14.5 Å². The van der Waals surface area contributed by atoms with E-state index in [0.717, 1.165) is 0 Å². The second-order valence-corrected chi connectivity index (χ2v) is 5.05. The molecular weight excluding hydrogens is 298 g/mol. The van der Waals surface area contributed by atoms with Crippen LogP contribution in [0.2, 0.25) is 0 Å². The second kappa shape index (κ2) is 6.27. The van der Waals surface area contributed by atoms with Crippen LogP contribution in [0, 0.1) is 24.0 Å². The van der Waals surface area contributed by atoms with Gasteiger partial charge in [-0.15, -0.1) is 0 Å². The molecule has 0 saturated carbocycles. The molecule has 7 nitrogen and oxygen atoms in total. The van der Waals surface area contributed by atoms with Gasteiger partial charge < -0.3 is 11.1 Å². The fourth-order valence-corrected chi connectivity index (χ4v) is 2.23. The van der Waals surface area contributed by atoms with Gasteiger partial charge in [0.1, 0.15) is 0 Å². The number of nitro benzene ring substituents is 1. The molecule has 2 rings (SSSR count). The number of anilines is 1. The van der Waals surface area contributed by atoms with Crippen LogP contribution in [-0.4, -0.2) is 16.7 Å². The molecule has 0 aliphatic rings. The summed E-state index contributed by atoms with van der Waals surface area (Å²) in [5.74, 6) is -1.00. The lowest BCUT2D eigenvalue weighted by molar-refractivity contribution is -0.385. The number of nitro groups is 1. The maximum Gasteiger partial charge on any atom is 0.272 e. The predicted molar refractivity (Wildman–Crippen MR) is 85.5 cm³/mol. The van der Waals surface area contributed by atoms with Gasteiger partial charge in [0.25, 0.3) is 11.6 Å². The number of nitrogens with one attached hydrogen (secondary N) is 1. The third-order valence-corrected chi connectivity index (χ3v) is 3.50. The maximum atomic E-state index is 12.3. The number of rotatable bonds is 4. The molecule has 0 radical (unpaired) electrons. The van der Waals surface area contributed by atoms with Crippen LogP contribution in [0.1, 0.15) is 31.8 Å². The molecule has 7 heteroatoms. The van der Waals surface area contributed by atoms with Crippen LogP contribution >= 0.6 is 0 Å². The third kappa shape index (κ3) is 3.34. The van der Waals surface area contributed by atoms with Crippen molar-refractivity contribution in [3.63, 3.8) is 0 Å². The highest BCUT2D eigenvalue weighted by Crippen LogP contribution is 2.22. The van der Waals surface area contributed by atoms with E-state index < -0.39 is 16.7 Å². The van der Waals surface area contributed by atoms with Crippen molar-refractivity contribution in [2.45, 2.75) is 13.8 Å². The zero-order chi connectivity index (χ0) is 17.1. The Morgan fingerprint density at radius 3 is 2.43 bits per heavy atom. The van der Waals surface area contributed by atoms with Crippen molar-refractivity contribution in [3.05, 3.63) is 68.8 Å². The molecule has 0 aliphatic carbocycles. The summed E-state index contributed by atoms with van der Waals surface area (Å²) >= 11 is 0. The number of aryl methyl sites for hydroxylation is 1. The molecule has 0 aliphatic heterocycles. The average molecular weight is 313 g/mol. The van der Waals surface area contributed by atoms with Crippen molar-refractivity contribution in [2.24, 2.45) is 5.73 Å². The van der Waals surface area contributed by atoms with Crippen LogP contribution in [0.25, 0.3) is 0 Å². The van der Waals surface area contributed by atoms with Crippen LogP contribution in [0.3, 0.4) is 0 Å². The lowest BCUT2D eigenvalue weighted by Crippen LogP contribution is -2.17. The van der Waals surface area contributed by atoms with E-state index in [-0.39, 0.29) is 11.3 Å². The molecule has 2 aromatic rings. The Morgan fingerprint density at radius 1 is 1.17 bits per heavy atom. The van der Waals surface area contributed by atoms with E-state index in [0.29, 0.717) is 22.4 Å². The number of amides is 2. The number of carbonyl (C=O) groups excluding carboxylic acids is 2. The lowest BCUT2D eigenvalue weighted by Gasteiger charge is -2.11. The zero-order valence-corrected chi connectivity index (χ0v) is 12.6. The van der Waals surface area contributed by atoms with E-state index in [1.807, 2.05) is 0 Å². The van der Waals surface area contributed by atoms with E-state index in [1.165, 1.54) is 18.2 Å². The summed E-state index contributed by atoms with van der Waals surface area (Å²) in [4.78, 5) is 33.9. The number of nitrogens with zero attached hydrogens (tertiary/aromatic N) is 1. The Kier molecular flexibility index (Phi) is 4.40. The van der Waals surface area contributed by atoms with Gasteiger partial charge in [0.2, 0.25) is 5.91 Å². The SMILES string of the molecule is Cc1cc(C(=O)Nc2cccc(C(N)=O)c2C)ccc1[N+](=O)[O-]. The molecule has 0 spiro atoms. The maximum absolute atomic E-state index is 12.3. The number of hydrogen-bond acceptors (Lipinski definition) is 4. The number of carbonyl (C=O) groups is 2. The molecule has 23 heavy (non-hydrogen) atoms. The smallest absolute Gasteiger partial charge is 0.272 e. The normalized spacial score (nSPS) is 10.2. The summed E-state index contributed by atoms with van der Waals surface area (Å²) < 4.78 is 0. The van der Waals surface area contributed by atoms with Gasteiger partial charge in [-0.2, -0.15) is 0 Å². The third-order valence-electron chi connectivity index (χ3n) is 3.50. The van der Waals surface area contributed by atoms with Gasteiger partial charge in [-0.3, -0.25) is 19.7 Å². The van der Waals surface area contributed by atoms with Crippen molar-refractivity contribution in [2.75, 3.05) is 5.32 Å². The molecule has 118 valence electrons. The Morgan fingerprint density at radius 2 is 1.87 bits per heavy atom. The highest BCUT2D eigenvalue weighted by molar-refractivity contribution is 6.06. The second-order valence-electron chi connectivity index (χ2n) is 5.05. The molecule has 3 N–H and O–H groups in total. The topological polar surface area (TPSA) is 115 Å². The first-order valence-corrected chi connectivity index (χ1v) is 6.77. The van der Waals surface area contributed by atoms with Gasteiger partial charge >= 0.3 is 0 Å². The lowest BCUT2D eigenvalue weighted by atomic mass is 10.1. The first-order chi connectivity index (χ1) is 10.8. The summed E-state index contributed by atoms with van der Waals surface area (Å²) in [6, 6.07) is 8.95. The minimum Gasteiger partial charge on any atom is -0.366 e. The van der Waals surface area contributed by atoms with E-state index in [1.54, 1.807) is 32.0 Å². The van der Waals surface area contributed by atoms with Gasteiger partial charge in [-0.05, 0) is 43.7 Å². The minimum absolute atomic E-state index is 0.0477. The predicted octanol–water partition coefficient (Wildman–Crippen LogP) is 2.56. The summed E-state index contributed by atoms with van der Waals surface area (Å²) in [7, 11) is 0. The van der Waals surface area contributed by atoms with Gasteiger partial charge in [0, 0.05) is 28.4 Å². The van der Waals surface area contributed by atoms with Crippen molar-refractivity contribution in [3.8, 4) is 0 Å². The van der Waals surface area contributed by atoms with Crippen LogP contribution in [0.4, 0.5) is 11.4 Å². The number of benzene rings is 2. The van der Waals surface area contributed by atoms with Gasteiger partial charge in [-0.1, -0.05) is 6.07 Å². The van der Waals surface area contributed by atoms with Crippen molar-refractivity contribution >= 4 is 23.2 Å². The van der Waals surface area contributed by atoms with Crippen LogP contribution in [0.15, 0.2) is 36.4 Å². The first-order valence-electron chi connectivity index (χ1n) is 6.77. The monoisotopic (exact) mass is 313 g/mol. The highest BCUT2D eigenvalue weighted by Gasteiger charge is 2.15. The van der Waals surface area contributed by atoms with E-state index in [4.69, 9.17) is 5.73 Å². The van der Waals surface area contributed by atoms with Gasteiger partial charge in [0.05, 0.1) is 4.92 Å². The summed E-state index contributed by atoms with van der Waals surface area (Å²) in [6.45, 7) is 3.24. The molecule has 0 bridgehead atoms. The first kappa shape index (κ1) is 16.2. The average Bonchev–Trinajstić information content (AvgIpc) is 2.48. The Bertz CT molecular complexity index is 815. The molecule has 0 saturated heterocycles. The fourth-order valence-electron chi connectivity index (χ4n) is 2.23. The number of hydrogen-bond donors (Lipinski definition) is 2. The molecule has 0 atom stereocenters. The van der Waals surface area contributed by atoms with Gasteiger partial charge in [0.15, 0.2) is 0 Å². The fraction of sp³-hybridized carbons (Fsp3) is 0.125. The van der Waals surface area contributed by atoms with Crippen LogP contribution in [-0.2, 0) is 0 Å². The summed E-state index contributed by atoms with van der Waals surface area (Å²) in [6.07, 6.45) is 0. The van der Waals surface area contributed by atoms with E-state index in [2.05, 4.69) is 5.32 Å². The molecule has 0 aromatic heterocycles. The highest BCUT2D eigenvalue weighted by atomic mass is 16.6. The van der Waals surface area contributed by atoms with Crippen molar-refractivity contribution in [1.82, 2.24) is 0 Å². The van der Waals surface area contributed by atoms with Crippen LogP contribution < -0.4 is 11.1 Å². The molecular formula is C16H15N3O4. The molecule has 2 aromatic carbocycles. The quantitative estimate of drug-likeness (QED) is 0.666. The van der Waals surface area contributed by atoms with Gasteiger partial charge in [-0.25, -0.2) is 0 Å². The van der Waals surface area contributed by atoms with E-state index in [9.17, 15) is 19.7 Å². The largest absolute Gasteiger partial charge is 0.366 e. The van der Waals surface area contributed by atoms with E-state index >= 15 is 0 Å². The zero-order valence-electron chi connectivity index (χ0n) is 12.6. The molecule has 0 unspecified atom stereocenters. The Hall–Kier alpha value is -3.22.